The monoisotopic (exact) mass is 308 g/mol. The van der Waals surface area contributed by atoms with Crippen LogP contribution in [0.15, 0.2) is 48.5 Å². The Bertz CT molecular complexity index is 720. The maximum atomic E-state index is 12.9. The molecule has 0 radical (unpaired) electrons. The highest BCUT2D eigenvalue weighted by Gasteiger charge is 2.34. The molecule has 23 heavy (non-hydrogen) atoms. The van der Waals surface area contributed by atoms with Gasteiger partial charge >= 0.3 is 0 Å². The Hall–Kier alpha value is -2.62. The second-order valence-corrected chi connectivity index (χ2v) is 5.97. The van der Waals surface area contributed by atoms with E-state index in [1.807, 2.05) is 62.4 Å². The first-order valence-corrected chi connectivity index (χ1v) is 7.78. The number of aryl methyl sites for hydroxylation is 2. The second-order valence-electron chi connectivity index (χ2n) is 5.97. The summed E-state index contributed by atoms with van der Waals surface area (Å²) in [5, 5.41) is 2.86. The SMILES string of the molecule is Cc1ccc(C(=O)N2CCNC(=O)C2c2ccc(C)cc2)cc1. The molecule has 1 fully saturated rings. The lowest BCUT2D eigenvalue weighted by Crippen LogP contribution is -2.52. The van der Waals surface area contributed by atoms with Crippen LogP contribution in [0.3, 0.4) is 0 Å². The molecule has 1 aliphatic rings. The highest BCUT2D eigenvalue weighted by atomic mass is 16.2. The number of piperazine rings is 1. The van der Waals surface area contributed by atoms with Gasteiger partial charge in [0.1, 0.15) is 6.04 Å². The molecule has 0 spiro atoms. The molecule has 1 aliphatic heterocycles. The van der Waals surface area contributed by atoms with E-state index in [1.54, 1.807) is 4.90 Å². The first kappa shape index (κ1) is 15.3. The van der Waals surface area contributed by atoms with Crippen molar-refractivity contribution in [3.05, 3.63) is 70.8 Å². The summed E-state index contributed by atoms with van der Waals surface area (Å²) in [5.74, 6) is -0.231. The Balaban J connectivity index is 1.94. The molecule has 2 aromatic carbocycles. The van der Waals surface area contributed by atoms with Crippen LogP contribution in [-0.4, -0.2) is 29.8 Å². The summed E-state index contributed by atoms with van der Waals surface area (Å²) >= 11 is 0. The Labute approximate surface area is 136 Å². The summed E-state index contributed by atoms with van der Waals surface area (Å²) in [4.78, 5) is 26.9. The lowest BCUT2D eigenvalue weighted by atomic mass is 10.00. The molecule has 1 saturated heterocycles. The molecular formula is C19H20N2O2. The van der Waals surface area contributed by atoms with Gasteiger partial charge in [-0.25, -0.2) is 0 Å². The van der Waals surface area contributed by atoms with Crippen molar-refractivity contribution in [2.24, 2.45) is 0 Å². The van der Waals surface area contributed by atoms with Crippen LogP contribution in [-0.2, 0) is 4.79 Å². The topological polar surface area (TPSA) is 49.4 Å². The van der Waals surface area contributed by atoms with Gasteiger partial charge in [-0.15, -0.1) is 0 Å². The maximum absolute atomic E-state index is 12.9. The molecule has 0 saturated carbocycles. The number of benzene rings is 2. The summed E-state index contributed by atoms with van der Waals surface area (Å²) in [5.41, 5.74) is 3.69. The van der Waals surface area contributed by atoms with Crippen molar-refractivity contribution in [1.29, 1.82) is 0 Å². The number of hydrogen-bond donors (Lipinski definition) is 1. The first-order valence-electron chi connectivity index (χ1n) is 7.78. The number of rotatable bonds is 2. The van der Waals surface area contributed by atoms with Crippen molar-refractivity contribution >= 4 is 11.8 Å². The van der Waals surface area contributed by atoms with Crippen molar-refractivity contribution in [1.82, 2.24) is 10.2 Å². The largest absolute Gasteiger partial charge is 0.352 e. The van der Waals surface area contributed by atoms with Crippen molar-refractivity contribution in [2.45, 2.75) is 19.9 Å². The van der Waals surface area contributed by atoms with Crippen LogP contribution in [0.1, 0.15) is 33.1 Å². The fraction of sp³-hybridized carbons (Fsp3) is 0.263. The van der Waals surface area contributed by atoms with Gasteiger partial charge in [0, 0.05) is 18.7 Å². The molecule has 1 atom stereocenters. The van der Waals surface area contributed by atoms with Crippen LogP contribution in [0.5, 0.6) is 0 Å². The van der Waals surface area contributed by atoms with E-state index in [4.69, 9.17) is 0 Å². The van der Waals surface area contributed by atoms with Gasteiger partial charge in [0.05, 0.1) is 0 Å². The minimum atomic E-state index is -0.571. The first-order chi connectivity index (χ1) is 11.1. The number of nitrogens with zero attached hydrogens (tertiary/aromatic N) is 1. The minimum Gasteiger partial charge on any atom is -0.352 e. The van der Waals surface area contributed by atoms with Gasteiger partial charge in [-0.2, -0.15) is 0 Å². The van der Waals surface area contributed by atoms with E-state index in [2.05, 4.69) is 5.32 Å². The molecule has 3 rings (SSSR count). The third-order valence-electron chi connectivity index (χ3n) is 4.16. The molecule has 2 aromatic rings. The molecule has 4 nitrogen and oxygen atoms in total. The van der Waals surface area contributed by atoms with Gasteiger partial charge in [0.15, 0.2) is 0 Å². The van der Waals surface area contributed by atoms with Crippen LogP contribution in [0.25, 0.3) is 0 Å². The summed E-state index contributed by atoms with van der Waals surface area (Å²) < 4.78 is 0. The van der Waals surface area contributed by atoms with E-state index in [-0.39, 0.29) is 11.8 Å². The third kappa shape index (κ3) is 3.11. The summed E-state index contributed by atoms with van der Waals surface area (Å²) in [7, 11) is 0. The highest BCUT2D eigenvalue weighted by Crippen LogP contribution is 2.25. The number of hydrogen-bond acceptors (Lipinski definition) is 2. The van der Waals surface area contributed by atoms with Crippen LogP contribution in [0.4, 0.5) is 0 Å². The van der Waals surface area contributed by atoms with E-state index in [9.17, 15) is 9.59 Å². The van der Waals surface area contributed by atoms with E-state index in [0.29, 0.717) is 18.7 Å². The number of carbonyl (C=O) groups is 2. The summed E-state index contributed by atoms with van der Waals surface area (Å²) in [6, 6.07) is 14.7. The molecule has 1 heterocycles. The molecule has 0 aliphatic carbocycles. The van der Waals surface area contributed by atoms with Gasteiger partial charge in [-0.05, 0) is 31.5 Å². The van der Waals surface area contributed by atoms with Gasteiger partial charge in [0.25, 0.3) is 5.91 Å². The standard InChI is InChI=1S/C19H20N2O2/c1-13-3-7-15(8-4-13)17-18(22)20-11-12-21(17)19(23)16-9-5-14(2)6-10-16/h3-10,17H,11-12H2,1-2H3,(H,20,22). The molecule has 118 valence electrons. The highest BCUT2D eigenvalue weighted by molar-refractivity contribution is 5.98. The Kier molecular flexibility index (Phi) is 4.15. The van der Waals surface area contributed by atoms with Crippen LogP contribution < -0.4 is 5.32 Å². The maximum Gasteiger partial charge on any atom is 0.254 e. The van der Waals surface area contributed by atoms with Crippen LogP contribution >= 0.6 is 0 Å². The number of nitrogens with one attached hydrogen (secondary N) is 1. The molecular weight excluding hydrogens is 288 g/mol. The lowest BCUT2D eigenvalue weighted by molar-refractivity contribution is -0.128. The molecule has 1 N–H and O–H groups in total. The fourth-order valence-corrected chi connectivity index (χ4v) is 2.83. The quantitative estimate of drug-likeness (QED) is 0.927. The fourth-order valence-electron chi connectivity index (χ4n) is 2.83. The van der Waals surface area contributed by atoms with Crippen molar-refractivity contribution in [3.8, 4) is 0 Å². The van der Waals surface area contributed by atoms with Crippen LogP contribution in [0.2, 0.25) is 0 Å². The van der Waals surface area contributed by atoms with E-state index >= 15 is 0 Å². The Morgan fingerprint density at radius 1 is 1.00 bits per heavy atom. The van der Waals surface area contributed by atoms with E-state index in [1.165, 1.54) is 0 Å². The Morgan fingerprint density at radius 2 is 1.57 bits per heavy atom. The molecule has 4 heteroatoms. The van der Waals surface area contributed by atoms with Crippen molar-refractivity contribution < 1.29 is 9.59 Å². The summed E-state index contributed by atoms with van der Waals surface area (Å²) in [6.45, 7) is 4.98. The minimum absolute atomic E-state index is 0.106. The van der Waals surface area contributed by atoms with Crippen molar-refractivity contribution in [3.63, 3.8) is 0 Å². The zero-order valence-electron chi connectivity index (χ0n) is 13.4. The molecule has 2 amide bonds. The van der Waals surface area contributed by atoms with Crippen LogP contribution in [0, 0.1) is 13.8 Å². The smallest absolute Gasteiger partial charge is 0.254 e. The van der Waals surface area contributed by atoms with Gasteiger partial charge in [-0.1, -0.05) is 47.5 Å². The van der Waals surface area contributed by atoms with Gasteiger partial charge in [0.2, 0.25) is 5.91 Å². The molecule has 1 unspecified atom stereocenters. The normalized spacial score (nSPS) is 17.7. The zero-order valence-corrected chi connectivity index (χ0v) is 13.4. The van der Waals surface area contributed by atoms with Crippen molar-refractivity contribution in [2.75, 3.05) is 13.1 Å². The van der Waals surface area contributed by atoms with Gasteiger partial charge in [-0.3, -0.25) is 9.59 Å². The molecule has 0 aromatic heterocycles. The predicted octanol–water partition coefficient (Wildman–Crippen LogP) is 2.62. The second kappa shape index (κ2) is 6.24. The third-order valence-corrected chi connectivity index (χ3v) is 4.16. The Morgan fingerprint density at radius 3 is 2.17 bits per heavy atom. The van der Waals surface area contributed by atoms with E-state index in [0.717, 1.165) is 16.7 Å². The predicted molar refractivity (Wildman–Crippen MR) is 89.1 cm³/mol. The average Bonchev–Trinajstić information content (AvgIpc) is 2.56. The van der Waals surface area contributed by atoms with E-state index < -0.39 is 6.04 Å². The lowest BCUT2D eigenvalue weighted by Gasteiger charge is -2.35. The molecule has 0 bridgehead atoms. The summed E-state index contributed by atoms with van der Waals surface area (Å²) in [6.07, 6.45) is 0. The average molecular weight is 308 g/mol. The van der Waals surface area contributed by atoms with Gasteiger partial charge < -0.3 is 10.2 Å². The number of amides is 2. The number of carbonyl (C=O) groups excluding carboxylic acids is 2. The zero-order chi connectivity index (χ0) is 16.4.